The number of hydrogen-bond acceptors (Lipinski definition) is 0. The van der Waals surface area contributed by atoms with E-state index in [4.69, 9.17) is 11.6 Å². The molecule has 0 saturated heterocycles. The lowest BCUT2D eigenvalue weighted by Crippen LogP contribution is -1.94. The quantitative estimate of drug-likeness (QED) is 0.453. The molecule has 0 aliphatic carbocycles. The number of rotatable bonds is 2. The summed E-state index contributed by atoms with van der Waals surface area (Å²) in [6.45, 7) is 0. The van der Waals surface area contributed by atoms with Gasteiger partial charge in [-0.2, -0.15) is 0 Å². The summed E-state index contributed by atoms with van der Waals surface area (Å²) in [5.74, 6) is -0.271. The largest absolute Gasteiger partial charge is 0.206 e. The van der Waals surface area contributed by atoms with Crippen LogP contribution in [0.25, 0.3) is 0 Å². The molecular weight excluding hydrogens is 450 g/mol. The molecule has 0 fully saturated rings. The Bertz CT molecular complexity index is 535. The van der Waals surface area contributed by atoms with Gasteiger partial charge in [-0.15, -0.1) is 0 Å². The van der Waals surface area contributed by atoms with Crippen molar-refractivity contribution >= 4 is 59.4 Å². The van der Waals surface area contributed by atoms with E-state index in [0.29, 0.717) is 9.50 Å². The van der Waals surface area contributed by atoms with E-state index in [2.05, 4.69) is 47.8 Å². The van der Waals surface area contributed by atoms with Crippen molar-refractivity contribution in [3.05, 3.63) is 67.3 Å². The molecule has 0 aliphatic heterocycles. The lowest BCUT2D eigenvalue weighted by Gasteiger charge is -2.12. The highest BCUT2D eigenvalue weighted by Gasteiger charge is 2.13. The number of halogens is 5. The highest BCUT2D eigenvalue weighted by Crippen LogP contribution is 2.35. The molecule has 0 radical (unpaired) electrons. The van der Waals surface area contributed by atoms with E-state index < -0.39 is 0 Å². The van der Waals surface area contributed by atoms with Gasteiger partial charge < -0.3 is 0 Å². The minimum absolute atomic E-state index is 0.0278. The first-order valence-corrected chi connectivity index (χ1v) is 7.91. The zero-order valence-corrected chi connectivity index (χ0v) is 14.4. The Morgan fingerprint density at radius 2 is 1.56 bits per heavy atom. The lowest BCUT2D eigenvalue weighted by atomic mass is 10.1. The summed E-state index contributed by atoms with van der Waals surface area (Å²) in [5, 5.41) is 0.651. The highest BCUT2D eigenvalue weighted by atomic mass is 79.9. The Kier molecular flexibility index (Phi) is 4.86. The van der Waals surface area contributed by atoms with Crippen LogP contribution in [0.2, 0.25) is 5.02 Å². The van der Waals surface area contributed by atoms with Crippen LogP contribution in [0.1, 0.15) is 16.0 Å². The van der Waals surface area contributed by atoms with E-state index in [0.717, 1.165) is 15.6 Å². The molecule has 94 valence electrons. The Morgan fingerprint density at radius 1 is 0.944 bits per heavy atom. The van der Waals surface area contributed by atoms with Crippen molar-refractivity contribution in [3.63, 3.8) is 0 Å². The molecule has 0 heterocycles. The second kappa shape index (κ2) is 6.04. The van der Waals surface area contributed by atoms with Crippen molar-refractivity contribution in [3.8, 4) is 0 Å². The van der Waals surface area contributed by atoms with Crippen molar-refractivity contribution < 1.29 is 4.39 Å². The van der Waals surface area contributed by atoms with E-state index in [1.54, 1.807) is 12.1 Å². The van der Waals surface area contributed by atoms with Crippen LogP contribution in [-0.2, 0) is 0 Å². The van der Waals surface area contributed by atoms with Gasteiger partial charge in [-0.05, 0) is 67.3 Å². The van der Waals surface area contributed by atoms with Gasteiger partial charge in [0.25, 0.3) is 0 Å². The van der Waals surface area contributed by atoms with Crippen LogP contribution in [0, 0.1) is 5.82 Å². The average Bonchev–Trinajstić information content (AvgIpc) is 2.35. The first-order valence-electron chi connectivity index (χ1n) is 5.03. The van der Waals surface area contributed by atoms with Crippen LogP contribution in [-0.4, -0.2) is 0 Å². The number of hydrogen-bond donors (Lipinski definition) is 0. The van der Waals surface area contributed by atoms with Crippen LogP contribution in [0.3, 0.4) is 0 Å². The summed E-state index contributed by atoms with van der Waals surface area (Å²) in [5.41, 5.74) is 1.98. The third-order valence-corrected chi connectivity index (χ3v) is 5.37. The van der Waals surface area contributed by atoms with E-state index in [1.165, 1.54) is 6.07 Å². The van der Waals surface area contributed by atoms with Crippen LogP contribution in [0.4, 0.5) is 4.39 Å². The van der Waals surface area contributed by atoms with Crippen LogP contribution >= 0.6 is 59.4 Å². The Hall–Kier alpha value is 0.1000. The molecule has 5 heteroatoms. The van der Waals surface area contributed by atoms with Gasteiger partial charge in [-0.1, -0.05) is 39.7 Å². The SMILES string of the molecule is Fc1ccc(C(Br)c2ccc(Br)c(Cl)c2)cc1Br. The fourth-order valence-electron chi connectivity index (χ4n) is 1.53. The van der Waals surface area contributed by atoms with Crippen LogP contribution in [0.5, 0.6) is 0 Å². The van der Waals surface area contributed by atoms with Gasteiger partial charge >= 0.3 is 0 Å². The van der Waals surface area contributed by atoms with Gasteiger partial charge in [-0.3, -0.25) is 0 Å². The molecule has 0 bridgehead atoms. The van der Waals surface area contributed by atoms with E-state index in [1.807, 2.05) is 18.2 Å². The third kappa shape index (κ3) is 3.16. The maximum Gasteiger partial charge on any atom is 0.137 e. The zero-order valence-electron chi connectivity index (χ0n) is 8.93. The summed E-state index contributed by atoms with van der Waals surface area (Å²) in [6, 6.07) is 10.7. The lowest BCUT2D eigenvalue weighted by molar-refractivity contribution is 0.620. The van der Waals surface area contributed by atoms with Crippen molar-refractivity contribution in [2.45, 2.75) is 4.83 Å². The van der Waals surface area contributed by atoms with E-state index >= 15 is 0 Å². The topological polar surface area (TPSA) is 0 Å². The van der Waals surface area contributed by atoms with Crippen molar-refractivity contribution in [2.24, 2.45) is 0 Å². The Balaban J connectivity index is 2.37. The van der Waals surface area contributed by atoms with Gasteiger partial charge in [0.05, 0.1) is 14.3 Å². The molecule has 2 aromatic rings. The molecule has 18 heavy (non-hydrogen) atoms. The van der Waals surface area contributed by atoms with E-state index in [-0.39, 0.29) is 10.6 Å². The van der Waals surface area contributed by atoms with Crippen LogP contribution < -0.4 is 0 Å². The summed E-state index contributed by atoms with van der Waals surface area (Å²) in [6.07, 6.45) is 0. The Morgan fingerprint density at radius 3 is 2.17 bits per heavy atom. The monoisotopic (exact) mass is 454 g/mol. The average molecular weight is 457 g/mol. The molecule has 1 atom stereocenters. The predicted octanol–water partition coefficient (Wildman–Crippen LogP) is 6.49. The standard InChI is InChI=1S/C13H7Br3ClF/c14-9-3-1-8(6-11(9)17)13(16)7-2-4-12(18)10(15)5-7/h1-6,13H. The minimum atomic E-state index is -0.271. The molecule has 2 aromatic carbocycles. The molecule has 0 aromatic heterocycles. The minimum Gasteiger partial charge on any atom is -0.206 e. The molecule has 1 unspecified atom stereocenters. The summed E-state index contributed by atoms with van der Waals surface area (Å²) in [7, 11) is 0. The first kappa shape index (κ1) is 14.5. The van der Waals surface area contributed by atoms with Gasteiger partial charge in [-0.25, -0.2) is 4.39 Å². The van der Waals surface area contributed by atoms with Gasteiger partial charge in [0, 0.05) is 4.47 Å². The molecule has 0 nitrogen and oxygen atoms in total. The third-order valence-electron chi connectivity index (χ3n) is 2.47. The fraction of sp³-hybridized carbons (Fsp3) is 0.0769. The molecule has 0 saturated carbocycles. The van der Waals surface area contributed by atoms with Gasteiger partial charge in [0.15, 0.2) is 0 Å². The maximum absolute atomic E-state index is 13.2. The van der Waals surface area contributed by atoms with Gasteiger partial charge in [0.2, 0.25) is 0 Å². The van der Waals surface area contributed by atoms with Crippen molar-refractivity contribution in [2.75, 3.05) is 0 Å². The number of benzene rings is 2. The summed E-state index contributed by atoms with van der Waals surface area (Å²) in [4.78, 5) is -0.0278. The van der Waals surface area contributed by atoms with Gasteiger partial charge in [0.1, 0.15) is 5.82 Å². The second-order valence-corrected chi connectivity index (χ2v) is 6.74. The van der Waals surface area contributed by atoms with Crippen molar-refractivity contribution in [1.29, 1.82) is 0 Å². The fourth-order valence-corrected chi connectivity index (χ4v) is 2.93. The van der Waals surface area contributed by atoms with Crippen LogP contribution in [0.15, 0.2) is 45.3 Å². The Labute approximate surface area is 135 Å². The summed E-state index contributed by atoms with van der Waals surface area (Å²) < 4.78 is 14.5. The first-order chi connectivity index (χ1) is 8.49. The normalized spacial score (nSPS) is 12.5. The molecular formula is C13H7Br3ClF. The van der Waals surface area contributed by atoms with Crippen molar-refractivity contribution in [1.82, 2.24) is 0 Å². The van der Waals surface area contributed by atoms with E-state index in [9.17, 15) is 4.39 Å². The second-order valence-electron chi connectivity index (χ2n) is 3.71. The maximum atomic E-state index is 13.2. The molecule has 0 spiro atoms. The molecule has 2 rings (SSSR count). The predicted molar refractivity (Wildman–Crippen MR) is 84.0 cm³/mol. The number of alkyl halides is 1. The zero-order chi connectivity index (χ0) is 13.3. The molecule has 0 aliphatic rings. The summed E-state index contributed by atoms with van der Waals surface area (Å²) >= 11 is 16.2. The smallest absolute Gasteiger partial charge is 0.137 e. The molecule has 0 amide bonds. The highest BCUT2D eigenvalue weighted by molar-refractivity contribution is 9.11. The molecule has 0 N–H and O–H groups in total.